The van der Waals surface area contributed by atoms with Gasteiger partial charge in [-0.25, -0.2) is 13.2 Å². The highest BCUT2D eigenvalue weighted by Crippen LogP contribution is 2.32. The monoisotopic (exact) mass is 423 g/mol. The van der Waals surface area contributed by atoms with Crippen LogP contribution in [0.25, 0.3) is 0 Å². The lowest BCUT2D eigenvalue weighted by Gasteiger charge is -2.36. The van der Waals surface area contributed by atoms with Gasteiger partial charge in [0, 0.05) is 16.7 Å². The van der Waals surface area contributed by atoms with Crippen LogP contribution < -0.4 is 0 Å². The number of sulfonamides is 1. The fraction of sp³-hybridized carbons (Fsp3) is 0.500. The zero-order chi connectivity index (χ0) is 15.8. The predicted molar refractivity (Wildman–Crippen MR) is 87.9 cm³/mol. The topological polar surface area (TPSA) is 74.7 Å². The molecule has 1 aliphatic rings. The van der Waals surface area contributed by atoms with Gasteiger partial charge in [-0.2, -0.15) is 4.31 Å². The summed E-state index contributed by atoms with van der Waals surface area (Å²) >= 11 is 1.89. The second kappa shape index (κ2) is 5.85. The number of hydrogen-bond donors (Lipinski definition) is 1. The van der Waals surface area contributed by atoms with Crippen LogP contribution in [-0.2, 0) is 10.0 Å². The van der Waals surface area contributed by atoms with Crippen molar-refractivity contribution in [2.45, 2.75) is 31.6 Å². The van der Waals surface area contributed by atoms with E-state index in [0.29, 0.717) is 16.7 Å². The van der Waals surface area contributed by atoms with Crippen LogP contribution in [0.5, 0.6) is 0 Å². The number of rotatable bonds is 3. The SMILES string of the molecule is CC1(C)CCN(S(=O)(=O)c2ccc(I)c(C(=O)O)c2)CC1. The molecule has 1 aromatic carbocycles. The van der Waals surface area contributed by atoms with Crippen LogP contribution in [0.15, 0.2) is 23.1 Å². The fourth-order valence-electron chi connectivity index (χ4n) is 2.31. The van der Waals surface area contributed by atoms with Gasteiger partial charge in [0.15, 0.2) is 0 Å². The van der Waals surface area contributed by atoms with Crippen molar-refractivity contribution in [2.24, 2.45) is 5.41 Å². The summed E-state index contributed by atoms with van der Waals surface area (Å²) in [6.45, 7) is 5.21. The summed E-state index contributed by atoms with van der Waals surface area (Å²) in [5.41, 5.74) is 0.179. The molecule has 1 fully saturated rings. The van der Waals surface area contributed by atoms with E-state index in [4.69, 9.17) is 5.11 Å². The van der Waals surface area contributed by atoms with Crippen LogP contribution in [-0.4, -0.2) is 36.9 Å². The van der Waals surface area contributed by atoms with E-state index in [0.717, 1.165) is 12.8 Å². The molecule has 1 saturated heterocycles. The second-order valence-electron chi connectivity index (χ2n) is 6.02. The third-order valence-corrected chi connectivity index (χ3v) is 6.72. The van der Waals surface area contributed by atoms with Crippen molar-refractivity contribution in [1.82, 2.24) is 4.31 Å². The van der Waals surface area contributed by atoms with Crippen LogP contribution >= 0.6 is 22.6 Å². The predicted octanol–water partition coefficient (Wildman–Crippen LogP) is 2.80. The molecule has 0 aliphatic carbocycles. The van der Waals surface area contributed by atoms with Gasteiger partial charge < -0.3 is 5.11 Å². The van der Waals surface area contributed by atoms with Gasteiger partial charge in [-0.3, -0.25) is 0 Å². The lowest BCUT2D eigenvalue weighted by atomic mass is 9.83. The van der Waals surface area contributed by atoms with E-state index in [1.165, 1.54) is 22.5 Å². The molecule has 0 saturated carbocycles. The molecule has 1 N–H and O–H groups in total. The molecule has 1 aliphatic heterocycles. The Bertz CT molecular complexity index is 660. The van der Waals surface area contributed by atoms with Crippen LogP contribution in [0.1, 0.15) is 37.0 Å². The number of piperidine rings is 1. The lowest BCUT2D eigenvalue weighted by Crippen LogP contribution is -2.41. The van der Waals surface area contributed by atoms with Crippen molar-refractivity contribution in [3.05, 3.63) is 27.3 Å². The first-order valence-corrected chi connectivity index (χ1v) is 9.18. The Kier molecular flexibility index (Phi) is 4.65. The molecule has 0 radical (unpaired) electrons. The van der Waals surface area contributed by atoms with Crippen molar-refractivity contribution in [3.63, 3.8) is 0 Å². The first-order valence-electron chi connectivity index (χ1n) is 6.66. The molecule has 116 valence electrons. The maximum atomic E-state index is 12.6. The summed E-state index contributed by atoms with van der Waals surface area (Å²) in [7, 11) is -3.62. The molecule has 21 heavy (non-hydrogen) atoms. The zero-order valence-corrected chi connectivity index (χ0v) is 14.9. The Labute approximate surface area is 138 Å². The number of nitrogens with zero attached hydrogens (tertiary/aromatic N) is 1. The molecule has 7 heteroatoms. The van der Waals surface area contributed by atoms with Crippen LogP contribution in [0, 0.1) is 8.99 Å². The minimum Gasteiger partial charge on any atom is -0.478 e. The highest BCUT2D eigenvalue weighted by Gasteiger charge is 2.33. The maximum Gasteiger partial charge on any atom is 0.336 e. The van der Waals surface area contributed by atoms with Crippen molar-refractivity contribution in [2.75, 3.05) is 13.1 Å². The molecule has 0 atom stereocenters. The Hall–Kier alpha value is -0.670. The standard InChI is InChI=1S/C14H18INO4S/c1-14(2)5-7-16(8-6-14)21(19,20)10-3-4-12(15)11(9-10)13(17)18/h3-4,9H,5-8H2,1-2H3,(H,17,18). The van der Waals surface area contributed by atoms with E-state index in [-0.39, 0.29) is 15.9 Å². The first-order chi connectivity index (χ1) is 9.63. The lowest BCUT2D eigenvalue weighted by molar-refractivity contribution is 0.0695. The van der Waals surface area contributed by atoms with Gasteiger partial charge >= 0.3 is 5.97 Å². The maximum absolute atomic E-state index is 12.6. The molecule has 0 bridgehead atoms. The third kappa shape index (κ3) is 3.57. The summed E-state index contributed by atoms with van der Waals surface area (Å²) in [6, 6.07) is 4.26. The number of aromatic carboxylic acids is 1. The highest BCUT2D eigenvalue weighted by molar-refractivity contribution is 14.1. The van der Waals surface area contributed by atoms with E-state index < -0.39 is 16.0 Å². The van der Waals surface area contributed by atoms with Gasteiger partial charge in [-0.05, 0) is 59.0 Å². The average Bonchev–Trinajstić information content (AvgIpc) is 2.38. The van der Waals surface area contributed by atoms with E-state index >= 15 is 0 Å². The summed E-state index contributed by atoms with van der Waals surface area (Å²) in [4.78, 5) is 11.2. The molecule has 1 aromatic rings. The Morgan fingerprint density at radius 3 is 2.38 bits per heavy atom. The van der Waals surface area contributed by atoms with Gasteiger partial charge in [0.2, 0.25) is 10.0 Å². The Morgan fingerprint density at radius 2 is 1.86 bits per heavy atom. The molecule has 2 rings (SSSR count). The summed E-state index contributed by atoms with van der Waals surface area (Å²) < 4.78 is 27.2. The first kappa shape index (κ1) is 16.7. The van der Waals surface area contributed by atoms with Crippen molar-refractivity contribution >= 4 is 38.6 Å². The van der Waals surface area contributed by atoms with Gasteiger partial charge in [-0.15, -0.1) is 0 Å². The third-order valence-electron chi connectivity index (χ3n) is 3.88. The largest absolute Gasteiger partial charge is 0.478 e. The van der Waals surface area contributed by atoms with Crippen LogP contribution in [0.4, 0.5) is 0 Å². The van der Waals surface area contributed by atoms with Crippen LogP contribution in [0.2, 0.25) is 0 Å². The molecular formula is C14H18INO4S. The quantitative estimate of drug-likeness (QED) is 0.759. The van der Waals surface area contributed by atoms with Gasteiger partial charge in [0.1, 0.15) is 0 Å². The zero-order valence-electron chi connectivity index (χ0n) is 12.0. The van der Waals surface area contributed by atoms with Gasteiger partial charge in [0.25, 0.3) is 0 Å². The van der Waals surface area contributed by atoms with Crippen molar-refractivity contribution in [1.29, 1.82) is 0 Å². The minimum absolute atomic E-state index is 0.0222. The van der Waals surface area contributed by atoms with E-state index in [1.807, 2.05) is 22.6 Å². The van der Waals surface area contributed by atoms with Gasteiger partial charge in [0.05, 0.1) is 10.5 Å². The minimum atomic E-state index is -3.62. The molecule has 0 unspecified atom stereocenters. The molecular weight excluding hydrogens is 405 g/mol. The van der Waals surface area contributed by atoms with E-state index in [1.54, 1.807) is 0 Å². The van der Waals surface area contributed by atoms with Gasteiger partial charge in [-0.1, -0.05) is 13.8 Å². The van der Waals surface area contributed by atoms with E-state index in [9.17, 15) is 13.2 Å². The Morgan fingerprint density at radius 1 is 1.29 bits per heavy atom. The molecule has 0 spiro atoms. The number of carbonyl (C=O) groups is 1. The fourth-order valence-corrected chi connectivity index (χ4v) is 4.34. The summed E-state index contributed by atoms with van der Waals surface area (Å²) in [5, 5.41) is 9.12. The highest BCUT2D eigenvalue weighted by atomic mass is 127. The summed E-state index contributed by atoms with van der Waals surface area (Å²) in [5.74, 6) is -1.11. The molecule has 1 heterocycles. The smallest absolute Gasteiger partial charge is 0.336 e. The molecule has 5 nitrogen and oxygen atoms in total. The Balaban J connectivity index is 2.33. The number of hydrogen-bond acceptors (Lipinski definition) is 3. The molecule has 0 amide bonds. The number of carboxylic acid groups (broad SMARTS) is 1. The normalized spacial score (nSPS) is 19.4. The number of benzene rings is 1. The van der Waals surface area contributed by atoms with Crippen LogP contribution in [0.3, 0.4) is 0 Å². The number of carboxylic acids is 1. The number of halogens is 1. The second-order valence-corrected chi connectivity index (χ2v) is 9.12. The van der Waals surface area contributed by atoms with Crippen molar-refractivity contribution < 1.29 is 18.3 Å². The average molecular weight is 423 g/mol. The van der Waals surface area contributed by atoms with E-state index in [2.05, 4.69) is 13.8 Å². The van der Waals surface area contributed by atoms with Crippen molar-refractivity contribution in [3.8, 4) is 0 Å². The molecule has 0 aromatic heterocycles. The summed E-state index contributed by atoms with van der Waals surface area (Å²) in [6.07, 6.45) is 1.62.